The molecule has 0 spiro atoms. The Morgan fingerprint density at radius 3 is 2.81 bits per heavy atom. The Hall–Kier alpha value is -1.59. The number of imidazole rings is 1. The first-order valence-electron chi connectivity index (χ1n) is 9.83. The summed E-state index contributed by atoms with van der Waals surface area (Å²) in [6.45, 7) is 4.10. The van der Waals surface area contributed by atoms with E-state index in [0.29, 0.717) is 22.7 Å². The zero-order chi connectivity index (χ0) is 17.7. The van der Waals surface area contributed by atoms with Crippen LogP contribution in [0.25, 0.3) is 5.65 Å². The monoisotopic (exact) mass is 372 g/mol. The van der Waals surface area contributed by atoms with Crippen LogP contribution in [0.15, 0.2) is 24.5 Å². The molecule has 5 nitrogen and oxygen atoms in total. The number of hydrogen-bond donors (Lipinski definition) is 0. The number of hydrogen-bond acceptors (Lipinski definition) is 3. The van der Waals surface area contributed by atoms with Gasteiger partial charge in [0.15, 0.2) is 0 Å². The standard InChI is InChI=1S/C20H25ClN4O/c21-16-5-7-19-22-18(13-24(19)11-16)20(26)25-10-15-4-6-17(12-25)23(9-15)8-14-2-1-3-14/h5,7,11,13-15,17H,1-4,6,8-10,12H2/t15-,17-/m0/s1. The molecule has 26 heavy (non-hydrogen) atoms. The molecule has 1 saturated carbocycles. The molecule has 1 aliphatic carbocycles. The van der Waals surface area contributed by atoms with E-state index in [2.05, 4.69) is 9.88 Å². The summed E-state index contributed by atoms with van der Waals surface area (Å²) in [6, 6.07) is 4.18. The highest BCUT2D eigenvalue weighted by atomic mass is 35.5. The van der Waals surface area contributed by atoms with E-state index in [1.165, 1.54) is 38.6 Å². The maximum atomic E-state index is 13.1. The van der Waals surface area contributed by atoms with Crippen molar-refractivity contribution in [1.29, 1.82) is 0 Å². The summed E-state index contributed by atoms with van der Waals surface area (Å²) < 4.78 is 1.84. The lowest BCUT2D eigenvalue weighted by Gasteiger charge is -2.40. The molecule has 6 rings (SSSR count). The normalized spacial score (nSPS) is 26.9. The minimum absolute atomic E-state index is 0.0622. The number of fused-ring (bicyclic) bond motifs is 5. The topological polar surface area (TPSA) is 40.9 Å². The number of rotatable bonds is 3. The highest BCUT2D eigenvalue weighted by Crippen LogP contribution is 2.33. The van der Waals surface area contributed by atoms with Gasteiger partial charge in [0.25, 0.3) is 5.91 Å². The molecule has 4 fully saturated rings. The van der Waals surface area contributed by atoms with Crippen molar-refractivity contribution in [2.24, 2.45) is 11.8 Å². The molecule has 0 N–H and O–H groups in total. The van der Waals surface area contributed by atoms with Crippen LogP contribution >= 0.6 is 11.6 Å². The van der Waals surface area contributed by atoms with Crippen molar-refractivity contribution in [3.05, 3.63) is 35.2 Å². The first-order valence-corrected chi connectivity index (χ1v) is 10.2. The molecule has 1 amide bonds. The molecule has 0 radical (unpaired) electrons. The van der Waals surface area contributed by atoms with E-state index in [0.717, 1.165) is 31.2 Å². The fourth-order valence-electron chi connectivity index (χ4n) is 4.81. The molecule has 4 aliphatic rings. The van der Waals surface area contributed by atoms with Gasteiger partial charge in [0, 0.05) is 44.6 Å². The number of amides is 1. The summed E-state index contributed by atoms with van der Waals surface area (Å²) in [6.07, 6.45) is 10.3. The zero-order valence-corrected chi connectivity index (χ0v) is 15.7. The molecule has 0 unspecified atom stereocenters. The van der Waals surface area contributed by atoms with Crippen molar-refractivity contribution < 1.29 is 4.79 Å². The molecule has 5 heterocycles. The lowest BCUT2D eigenvalue weighted by Crippen LogP contribution is -2.47. The summed E-state index contributed by atoms with van der Waals surface area (Å²) in [5.74, 6) is 1.55. The van der Waals surface area contributed by atoms with Gasteiger partial charge in [-0.3, -0.25) is 9.69 Å². The van der Waals surface area contributed by atoms with Gasteiger partial charge in [0.1, 0.15) is 11.3 Å². The number of carbonyl (C=O) groups excluding carboxylic acids is 1. The molecule has 3 aliphatic heterocycles. The van der Waals surface area contributed by atoms with Crippen LogP contribution in [0, 0.1) is 11.8 Å². The van der Waals surface area contributed by atoms with Crippen LogP contribution in [0.1, 0.15) is 42.6 Å². The van der Waals surface area contributed by atoms with Crippen LogP contribution in [-0.4, -0.2) is 57.3 Å². The van der Waals surface area contributed by atoms with E-state index in [4.69, 9.17) is 11.6 Å². The maximum absolute atomic E-state index is 13.1. The summed E-state index contributed by atoms with van der Waals surface area (Å²) >= 11 is 6.05. The van der Waals surface area contributed by atoms with Gasteiger partial charge in [0.2, 0.25) is 0 Å². The highest BCUT2D eigenvalue weighted by molar-refractivity contribution is 6.30. The lowest BCUT2D eigenvalue weighted by molar-refractivity contribution is 0.0712. The number of halogens is 1. The predicted octanol–water partition coefficient (Wildman–Crippen LogP) is 3.32. The number of aromatic nitrogens is 2. The van der Waals surface area contributed by atoms with Crippen LogP contribution in [-0.2, 0) is 0 Å². The minimum atomic E-state index is 0.0622. The van der Waals surface area contributed by atoms with Crippen LogP contribution in [0.5, 0.6) is 0 Å². The first-order chi connectivity index (χ1) is 12.7. The highest BCUT2D eigenvalue weighted by Gasteiger charge is 2.38. The predicted molar refractivity (Wildman–Crippen MR) is 102 cm³/mol. The van der Waals surface area contributed by atoms with E-state index < -0.39 is 0 Å². The third kappa shape index (κ3) is 3.01. The van der Waals surface area contributed by atoms with Gasteiger partial charge in [-0.1, -0.05) is 18.0 Å². The first kappa shape index (κ1) is 16.6. The second-order valence-electron chi connectivity index (χ2n) is 8.30. The van der Waals surface area contributed by atoms with Crippen LogP contribution in [0.2, 0.25) is 5.02 Å². The Morgan fingerprint density at radius 2 is 2.00 bits per heavy atom. The van der Waals surface area contributed by atoms with Crippen molar-refractivity contribution >= 4 is 23.2 Å². The Balaban J connectivity index is 1.35. The van der Waals surface area contributed by atoms with Crippen molar-refractivity contribution in [2.75, 3.05) is 26.2 Å². The fourth-order valence-corrected chi connectivity index (χ4v) is 4.97. The number of carbonyl (C=O) groups is 1. The fraction of sp³-hybridized carbons (Fsp3) is 0.600. The number of piperidine rings is 1. The van der Waals surface area contributed by atoms with E-state index in [1.807, 2.05) is 27.6 Å². The Bertz CT molecular complexity index is 830. The molecular weight excluding hydrogens is 348 g/mol. The average molecular weight is 373 g/mol. The lowest BCUT2D eigenvalue weighted by atomic mass is 9.83. The smallest absolute Gasteiger partial charge is 0.274 e. The van der Waals surface area contributed by atoms with Gasteiger partial charge in [-0.05, 0) is 49.7 Å². The summed E-state index contributed by atoms with van der Waals surface area (Å²) in [4.78, 5) is 22.4. The van der Waals surface area contributed by atoms with Gasteiger partial charge in [-0.2, -0.15) is 0 Å². The van der Waals surface area contributed by atoms with Gasteiger partial charge >= 0.3 is 0 Å². The quantitative estimate of drug-likeness (QED) is 0.829. The van der Waals surface area contributed by atoms with Crippen molar-refractivity contribution in [1.82, 2.24) is 19.2 Å². The summed E-state index contributed by atoms with van der Waals surface area (Å²) in [5.41, 5.74) is 1.29. The van der Waals surface area contributed by atoms with Crippen molar-refractivity contribution in [3.8, 4) is 0 Å². The molecular formula is C20H25ClN4O. The van der Waals surface area contributed by atoms with Crippen molar-refractivity contribution in [2.45, 2.75) is 38.1 Å². The zero-order valence-electron chi connectivity index (χ0n) is 15.0. The molecule has 2 atom stereocenters. The van der Waals surface area contributed by atoms with E-state index in [9.17, 15) is 4.79 Å². The van der Waals surface area contributed by atoms with Gasteiger partial charge in [-0.15, -0.1) is 0 Å². The second-order valence-corrected chi connectivity index (χ2v) is 8.73. The molecule has 6 heteroatoms. The number of pyridine rings is 1. The maximum Gasteiger partial charge on any atom is 0.274 e. The van der Waals surface area contributed by atoms with Crippen LogP contribution < -0.4 is 0 Å². The Labute approximate surface area is 158 Å². The largest absolute Gasteiger partial charge is 0.335 e. The SMILES string of the molecule is O=C(c1cn2cc(Cl)ccc2n1)N1C[C@H]2CC[C@@H](C1)N(CC1CCC1)C2. The average Bonchev–Trinajstić information content (AvgIpc) is 2.79. The van der Waals surface area contributed by atoms with Gasteiger partial charge in [0.05, 0.1) is 5.02 Å². The number of nitrogens with zero attached hydrogens (tertiary/aromatic N) is 4. The third-order valence-corrected chi connectivity index (χ3v) is 6.69. The van der Waals surface area contributed by atoms with E-state index >= 15 is 0 Å². The molecule has 138 valence electrons. The van der Waals surface area contributed by atoms with E-state index in [1.54, 1.807) is 6.20 Å². The Morgan fingerprint density at radius 1 is 1.12 bits per heavy atom. The molecule has 2 bridgehead atoms. The van der Waals surface area contributed by atoms with Crippen molar-refractivity contribution in [3.63, 3.8) is 0 Å². The van der Waals surface area contributed by atoms with Crippen LogP contribution in [0.4, 0.5) is 0 Å². The van der Waals surface area contributed by atoms with E-state index in [-0.39, 0.29) is 5.91 Å². The van der Waals surface area contributed by atoms with Gasteiger partial charge in [-0.25, -0.2) is 4.98 Å². The van der Waals surface area contributed by atoms with Gasteiger partial charge < -0.3 is 9.30 Å². The van der Waals surface area contributed by atoms with Crippen LogP contribution in [0.3, 0.4) is 0 Å². The Kier molecular flexibility index (Phi) is 4.17. The third-order valence-electron chi connectivity index (χ3n) is 6.47. The molecule has 2 aromatic heterocycles. The molecule has 3 saturated heterocycles. The minimum Gasteiger partial charge on any atom is -0.335 e. The summed E-state index contributed by atoms with van der Waals surface area (Å²) in [7, 11) is 0. The molecule has 0 aromatic carbocycles. The summed E-state index contributed by atoms with van der Waals surface area (Å²) in [5, 5.41) is 0.647. The molecule has 2 aromatic rings. The second kappa shape index (κ2) is 6.54.